The Bertz CT molecular complexity index is 456. The Labute approximate surface area is 111 Å². The number of benzene rings is 1. The van der Waals surface area contributed by atoms with E-state index in [-0.39, 0.29) is 10.7 Å². The predicted octanol–water partition coefficient (Wildman–Crippen LogP) is 1.87. The highest BCUT2D eigenvalue weighted by atomic mass is 32.2. The summed E-state index contributed by atoms with van der Waals surface area (Å²) in [6.07, 6.45) is 2.37. The normalized spacial score (nSPS) is 22.9. The van der Waals surface area contributed by atoms with Crippen LogP contribution in [-0.4, -0.2) is 23.0 Å². The fourth-order valence-electron chi connectivity index (χ4n) is 2.13. The summed E-state index contributed by atoms with van der Waals surface area (Å²) in [6, 6.07) is 4.97. The number of nitrogens with one attached hydrogen (secondary N) is 1. The van der Waals surface area contributed by atoms with Crippen molar-refractivity contribution in [2.24, 2.45) is 0 Å². The van der Waals surface area contributed by atoms with Gasteiger partial charge in [-0.05, 0) is 43.7 Å². The van der Waals surface area contributed by atoms with E-state index >= 15 is 0 Å². The molecule has 0 bridgehead atoms. The number of hydrogen-bond acceptors (Lipinski definition) is 4. The molecule has 1 aliphatic rings. The molecule has 1 heterocycles. The minimum atomic E-state index is -0.124. The first-order chi connectivity index (χ1) is 8.50. The zero-order chi connectivity index (χ0) is 13.2. The molecule has 0 spiro atoms. The molecule has 0 aromatic heterocycles. The maximum absolute atomic E-state index is 12.0. The molecule has 1 aromatic carbocycles. The van der Waals surface area contributed by atoms with Crippen LogP contribution in [0.15, 0.2) is 18.2 Å². The third kappa shape index (κ3) is 2.90. The summed E-state index contributed by atoms with van der Waals surface area (Å²) in [6.45, 7) is 2.87. The lowest BCUT2D eigenvalue weighted by Crippen LogP contribution is -2.37. The molecule has 1 aromatic rings. The number of anilines is 2. The number of rotatable bonds is 3. The van der Waals surface area contributed by atoms with E-state index in [1.54, 1.807) is 18.2 Å². The molecular weight excluding hydrogens is 246 g/mol. The lowest BCUT2D eigenvalue weighted by Gasteiger charge is -2.23. The molecule has 0 radical (unpaired) electrons. The molecule has 4 nitrogen and oxygen atoms in total. The van der Waals surface area contributed by atoms with Crippen LogP contribution in [-0.2, 0) is 0 Å². The zero-order valence-electron chi connectivity index (χ0n) is 10.5. The van der Waals surface area contributed by atoms with Gasteiger partial charge in [-0.25, -0.2) is 0 Å². The van der Waals surface area contributed by atoms with Crippen molar-refractivity contribution in [1.82, 2.24) is 5.32 Å². The second-order valence-corrected chi connectivity index (χ2v) is 6.61. The van der Waals surface area contributed by atoms with Crippen LogP contribution in [0.3, 0.4) is 0 Å². The van der Waals surface area contributed by atoms with E-state index in [9.17, 15) is 4.79 Å². The third-order valence-corrected chi connectivity index (χ3v) is 4.78. The Balaban J connectivity index is 1.99. The molecule has 18 heavy (non-hydrogen) atoms. The second-order valence-electron chi connectivity index (χ2n) is 4.93. The third-order valence-electron chi connectivity index (χ3n) is 3.24. The summed E-state index contributed by atoms with van der Waals surface area (Å²) in [5, 5.41) is 2.96. The topological polar surface area (TPSA) is 81.1 Å². The van der Waals surface area contributed by atoms with Gasteiger partial charge in [-0.2, -0.15) is 11.8 Å². The average molecular weight is 265 g/mol. The Kier molecular flexibility index (Phi) is 3.71. The number of amides is 1. The first-order valence-corrected chi connectivity index (χ1v) is 7.06. The van der Waals surface area contributed by atoms with Crippen molar-refractivity contribution in [2.75, 3.05) is 23.8 Å². The van der Waals surface area contributed by atoms with Crippen LogP contribution in [0, 0.1) is 0 Å². The molecule has 0 saturated carbocycles. The van der Waals surface area contributed by atoms with E-state index < -0.39 is 0 Å². The first-order valence-electron chi connectivity index (χ1n) is 6.07. The number of nitrogens with two attached hydrogens (primary N) is 2. The van der Waals surface area contributed by atoms with Gasteiger partial charge in [0.05, 0.1) is 5.56 Å². The molecule has 98 valence electrons. The summed E-state index contributed by atoms with van der Waals surface area (Å²) in [5.74, 6) is 1.05. The summed E-state index contributed by atoms with van der Waals surface area (Å²) in [4.78, 5) is 12.0. The minimum Gasteiger partial charge on any atom is -0.399 e. The van der Waals surface area contributed by atoms with Gasteiger partial charge in [0.2, 0.25) is 0 Å². The van der Waals surface area contributed by atoms with Gasteiger partial charge < -0.3 is 16.8 Å². The van der Waals surface area contributed by atoms with Crippen LogP contribution in [0.25, 0.3) is 0 Å². The largest absolute Gasteiger partial charge is 0.399 e. The predicted molar refractivity (Wildman–Crippen MR) is 77.7 cm³/mol. The lowest BCUT2D eigenvalue weighted by molar-refractivity contribution is 0.0951. The summed E-state index contributed by atoms with van der Waals surface area (Å²) < 4.78 is 0.165. The second kappa shape index (κ2) is 5.10. The monoisotopic (exact) mass is 265 g/mol. The number of thioether (sulfide) groups is 1. The van der Waals surface area contributed by atoms with Crippen LogP contribution in [0.1, 0.15) is 30.1 Å². The summed E-state index contributed by atoms with van der Waals surface area (Å²) >= 11 is 1.92. The SMILES string of the molecule is CC1(CNC(=O)c2ccc(N)cc2N)CCCS1. The smallest absolute Gasteiger partial charge is 0.253 e. The number of carbonyl (C=O) groups excluding carboxylic acids is 1. The van der Waals surface area contributed by atoms with Crippen molar-refractivity contribution < 1.29 is 4.79 Å². The highest BCUT2D eigenvalue weighted by Crippen LogP contribution is 2.37. The van der Waals surface area contributed by atoms with E-state index in [1.165, 1.54) is 12.2 Å². The maximum Gasteiger partial charge on any atom is 0.253 e. The average Bonchev–Trinajstić information content (AvgIpc) is 2.74. The molecule has 0 aliphatic carbocycles. The van der Waals surface area contributed by atoms with Gasteiger partial charge in [0.25, 0.3) is 5.91 Å². The molecule has 5 N–H and O–H groups in total. The highest BCUT2D eigenvalue weighted by Gasteiger charge is 2.29. The quantitative estimate of drug-likeness (QED) is 0.729. The maximum atomic E-state index is 12.0. The lowest BCUT2D eigenvalue weighted by atomic mass is 10.1. The van der Waals surface area contributed by atoms with Crippen molar-refractivity contribution in [2.45, 2.75) is 24.5 Å². The van der Waals surface area contributed by atoms with Crippen LogP contribution in [0.5, 0.6) is 0 Å². The number of carbonyl (C=O) groups is 1. The Morgan fingerprint density at radius 2 is 2.28 bits per heavy atom. The molecule has 1 fully saturated rings. The molecule has 1 atom stereocenters. The molecule has 1 amide bonds. The van der Waals surface area contributed by atoms with Crippen molar-refractivity contribution in [3.05, 3.63) is 23.8 Å². The molecule has 5 heteroatoms. The van der Waals surface area contributed by atoms with Gasteiger partial charge in [-0.1, -0.05) is 0 Å². The first kappa shape index (κ1) is 13.1. The van der Waals surface area contributed by atoms with E-state index in [2.05, 4.69) is 12.2 Å². The molecule has 1 unspecified atom stereocenters. The highest BCUT2D eigenvalue weighted by molar-refractivity contribution is 8.00. The fourth-order valence-corrected chi connectivity index (χ4v) is 3.37. The van der Waals surface area contributed by atoms with Crippen molar-refractivity contribution >= 4 is 29.0 Å². The van der Waals surface area contributed by atoms with Crippen LogP contribution >= 0.6 is 11.8 Å². The van der Waals surface area contributed by atoms with Crippen LogP contribution < -0.4 is 16.8 Å². The van der Waals surface area contributed by atoms with E-state index in [1.807, 2.05) is 11.8 Å². The standard InChI is InChI=1S/C13H19N3OS/c1-13(5-2-6-18-13)8-16-12(17)10-4-3-9(14)7-11(10)15/h3-4,7H,2,5-6,8,14-15H2,1H3,(H,16,17). The van der Waals surface area contributed by atoms with E-state index in [4.69, 9.17) is 11.5 Å². The van der Waals surface area contributed by atoms with Gasteiger partial charge in [0.1, 0.15) is 0 Å². The van der Waals surface area contributed by atoms with Gasteiger partial charge in [-0.15, -0.1) is 0 Å². The number of nitrogen functional groups attached to an aromatic ring is 2. The van der Waals surface area contributed by atoms with E-state index in [0.29, 0.717) is 23.5 Å². The Morgan fingerprint density at radius 3 is 2.89 bits per heavy atom. The van der Waals surface area contributed by atoms with Crippen LogP contribution in [0.4, 0.5) is 11.4 Å². The van der Waals surface area contributed by atoms with Crippen molar-refractivity contribution in [3.63, 3.8) is 0 Å². The number of hydrogen-bond donors (Lipinski definition) is 3. The van der Waals surface area contributed by atoms with Crippen LogP contribution in [0.2, 0.25) is 0 Å². The fraction of sp³-hybridized carbons (Fsp3) is 0.462. The van der Waals surface area contributed by atoms with Crippen molar-refractivity contribution in [1.29, 1.82) is 0 Å². The van der Waals surface area contributed by atoms with E-state index in [0.717, 1.165) is 6.42 Å². The van der Waals surface area contributed by atoms with Crippen molar-refractivity contribution in [3.8, 4) is 0 Å². The molecule has 2 rings (SSSR count). The minimum absolute atomic E-state index is 0.124. The molecule has 1 aliphatic heterocycles. The molecular formula is C13H19N3OS. The molecule has 1 saturated heterocycles. The zero-order valence-corrected chi connectivity index (χ0v) is 11.3. The summed E-state index contributed by atoms with van der Waals surface area (Å²) in [7, 11) is 0. The van der Waals surface area contributed by atoms with Gasteiger partial charge in [0, 0.05) is 22.7 Å². The Morgan fingerprint density at radius 1 is 1.50 bits per heavy atom. The van der Waals surface area contributed by atoms with Gasteiger partial charge in [0.15, 0.2) is 0 Å². The summed E-state index contributed by atoms with van der Waals surface area (Å²) in [5.41, 5.74) is 12.9. The van der Waals surface area contributed by atoms with Gasteiger partial charge >= 0.3 is 0 Å². The van der Waals surface area contributed by atoms with Gasteiger partial charge in [-0.3, -0.25) is 4.79 Å². The Hall–Kier alpha value is -1.36.